The lowest BCUT2D eigenvalue weighted by Crippen LogP contribution is -2.32. The van der Waals surface area contributed by atoms with Gasteiger partial charge in [0.15, 0.2) is 0 Å². The number of halogens is 1. The van der Waals surface area contributed by atoms with Crippen LogP contribution in [-0.2, 0) is 0 Å². The van der Waals surface area contributed by atoms with Crippen LogP contribution in [0.2, 0.25) is 5.02 Å². The largest absolute Gasteiger partial charge is 0.349 e. The number of aliphatic imine (C=N–C) groups is 1. The maximum absolute atomic E-state index is 12.8. The highest BCUT2D eigenvalue weighted by molar-refractivity contribution is 7.99. The van der Waals surface area contributed by atoms with Crippen molar-refractivity contribution in [1.82, 2.24) is 5.32 Å². The van der Waals surface area contributed by atoms with Gasteiger partial charge in [-0.05, 0) is 49.2 Å². The first-order chi connectivity index (χ1) is 15.7. The lowest BCUT2D eigenvalue weighted by molar-refractivity contribution is 0.0938. The molecular formula is C27H27ClN2OS. The molecule has 3 aromatic rings. The number of hydrogen-bond donors (Lipinski definition) is 1. The lowest BCUT2D eigenvalue weighted by atomic mass is 10.0. The standard InChI is InChI=1S/C25H21ClN2OS.C2H6/c26-18-12-9-16(10-13-18)24-20-7-3-4-8-22(20)30-23-14-11-17(15-21(23)28-24)25(29)27-19-5-1-2-6-19;1-2/h3-4,7-15,19H,1-2,5-6H2,(H,27,29);1-2H3. The Morgan fingerprint density at radius 2 is 1.69 bits per heavy atom. The number of fused-ring (bicyclic) bond motifs is 2. The van der Waals surface area contributed by atoms with Gasteiger partial charge in [0, 0.05) is 37.5 Å². The number of hydrogen-bond acceptors (Lipinski definition) is 3. The van der Waals surface area contributed by atoms with Crippen molar-refractivity contribution in [2.24, 2.45) is 4.99 Å². The van der Waals surface area contributed by atoms with E-state index >= 15 is 0 Å². The van der Waals surface area contributed by atoms with Crippen LogP contribution in [-0.4, -0.2) is 17.7 Å². The van der Waals surface area contributed by atoms with Crippen LogP contribution in [0.15, 0.2) is 81.5 Å². The molecule has 0 unspecified atom stereocenters. The van der Waals surface area contributed by atoms with Gasteiger partial charge in [0.25, 0.3) is 5.91 Å². The first-order valence-corrected chi connectivity index (χ1v) is 12.4. The van der Waals surface area contributed by atoms with Crippen LogP contribution in [0.1, 0.15) is 61.0 Å². The number of amides is 1. The van der Waals surface area contributed by atoms with Crippen molar-refractivity contribution in [3.05, 3.63) is 88.4 Å². The van der Waals surface area contributed by atoms with Crippen molar-refractivity contribution in [3.63, 3.8) is 0 Å². The molecule has 0 aromatic heterocycles. The second kappa shape index (κ2) is 10.4. The molecule has 1 N–H and O–H groups in total. The van der Waals surface area contributed by atoms with Crippen molar-refractivity contribution < 1.29 is 4.79 Å². The van der Waals surface area contributed by atoms with Crippen molar-refractivity contribution >= 4 is 40.7 Å². The highest BCUT2D eigenvalue weighted by Crippen LogP contribution is 2.41. The predicted octanol–water partition coefficient (Wildman–Crippen LogP) is 7.67. The van der Waals surface area contributed by atoms with Gasteiger partial charge in [0.1, 0.15) is 0 Å². The van der Waals surface area contributed by atoms with Gasteiger partial charge in [-0.1, -0.05) is 80.4 Å². The molecule has 164 valence electrons. The third-order valence-corrected chi connectivity index (χ3v) is 7.02. The number of rotatable bonds is 3. The molecule has 5 rings (SSSR count). The van der Waals surface area contributed by atoms with Gasteiger partial charge in [-0.15, -0.1) is 0 Å². The first-order valence-electron chi connectivity index (χ1n) is 11.2. The lowest BCUT2D eigenvalue weighted by Gasteiger charge is -2.13. The summed E-state index contributed by atoms with van der Waals surface area (Å²) in [5.41, 5.74) is 4.45. The average Bonchev–Trinajstić information content (AvgIpc) is 3.27. The molecule has 1 fully saturated rings. The van der Waals surface area contributed by atoms with E-state index in [9.17, 15) is 4.79 Å². The second-order valence-electron chi connectivity index (χ2n) is 7.70. The first kappa shape index (κ1) is 22.6. The van der Waals surface area contributed by atoms with E-state index < -0.39 is 0 Å². The molecule has 1 amide bonds. The molecule has 1 heterocycles. The van der Waals surface area contributed by atoms with Gasteiger partial charge in [0.2, 0.25) is 0 Å². The zero-order valence-corrected chi connectivity index (χ0v) is 20.0. The molecule has 3 aromatic carbocycles. The van der Waals surface area contributed by atoms with E-state index in [1.807, 2.05) is 68.4 Å². The predicted molar refractivity (Wildman–Crippen MR) is 135 cm³/mol. The third-order valence-electron chi connectivity index (χ3n) is 5.62. The Morgan fingerprint density at radius 3 is 2.44 bits per heavy atom. The maximum atomic E-state index is 12.8. The molecule has 3 nitrogen and oxygen atoms in total. The summed E-state index contributed by atoms with van der Waals surface area (Å²) >= 11 is 7.79. The van der Waals surface area contributed by atoms with Crippen LogP contribution < -0.4 is 5.32 Å². The third kappa shape index (κ3) is 4.92. The SMILES string of the molecule is CC.O=C(NC1CCCC1)c1ccc2c(c1)N=C(c1ccc(Cl)cc1)c1ccccc1S2. The molecule has 0 saturated heterocycles. The second-order valence-corrected chi connectivity index (χ2v) is 9.22. The van der Waals surface area contributed by atoms with Crippen LogP contribution in [0.5, 0.6) is 0 Å². The summed E-state index contributed by atoms with van der Waals surface area (Å²) in [5, 5.41) is 3.87. The van der Waals surface area contributed by atoms with Crippen molar-refractivity contribution in [3.8, 4) is 0 Å². The Morgan fingerprint density at radius 1 is 0.969 bits per heavy atom. The van der Waals surface area contributed by atoms with E-state index in [0.29, 0.717) is 16.6 Å². The number of nitrogens with one attached hydrogen (secondary N) is 1. The molecule has 0 bridgehead atoms. The van der Waals surface area contributed by atoms with E-state index in [1.54, 1.807) is 11.8 Å². The zero-order valence-electron chi connectivity index (χ0n) is 18.4. The molecule has 0 atom stereocenters. The highest BCUT2D eigenvalue weighted by Gasteiger charge is 2.21. The highest BCUT2D eigenvalue weighted by atomic mass is 35.5. The Kier molecular flexibility index (Phi) is 7.33. The minimum atomic E-state index is -0.0142. The number of carbonyl (C=O) groups excluding carboxylic acids is 1. The fourth-order valence-corrected chi connectivity index (χ4v) is 5.18. The Labute approximate surface area is 199 Å². The minimum Gasteiger partial charge on any atom is -0.349 e. The van der Waals surface area contributed by atoms with Gasteiger partial charge < -0.3 is 5.32 Å². The topological polar surface area (TPSA) is 41.5 Å². The fraction of sp³-hybridized carbons (Fsp3) is 0.259. The quantitative estimate of drug-likeness (QED) is 0.339. The van der Waals surface area contributed by atoms with Crippen LogP contribution in [0.4, 0.5) is 5.69 Å². The molecule has 1 saturated carbocycles. The molecule has 32 heavy (non-hydrogen) atoms. The molecule has 0 radical (unpaired) electrons. The summed E-state index contributed by atoms with van der Waals surface area (Å²) < 4.78 is 0. The normalized spacial score (nSPS) is 14.9. The van der Waals surface area contributed by atoms with Crippen LogP contribution in [0.3, 0.4) is 0 Å². The van der Waals surface area contributed by atoms with Gasteiger partial charge in [0.05, 0.1) is 11.4 Å². The van der Waals surface area contributed by atoms with Crippen molar-refractivity contribution in [1.29, 1.82) is 0 Å². The van der Waals surface area contributed by atoms with Gasteiger partial charge >= 0.3 is 0 Å². The van der Waals surface area contributed by atoms with E-state index in [-0.39, 0.29) is 5.91 Å². The summed E-state index contributed by atoms with van der Waals surface area (Å²) in [6.07, 6.45) is 4.53. The van der Waals surface area contributed by atoms with E-state index in [2.05, 4.69) is 17.4 Å². The van der Waals surface area contributed by atoms with Crippen LogP contribution in [0, 0.1) is 0 Å². The maximum Gasteiger partial charge on any atom is 0.251 e. The minimum absolute atomic E-state index is 0.0142. The van der Waals surface area contributed by atoms with Gasteiger partial charge in [-0.3, -0.25) is 4.79 Å². The van der Waals surface area contributed by atoms with Gasteiger partial charge in [-0.25, -0.2) is 4.99 Å². The van der Waals surface area contributed by atoms with Crippen LogP contribution in [0.25, 0.3) is 0 Å². The van der Waals surface area contributed by atoms with Crippen molar-refractivity contribution in [2.75, 3.05) is 0 Å². The van der Waals surface area contributed by atoms with Crippen LogP contribution >= 0.6 is 23.4 Å². The number of benzene rings is 3. The molecular weight excluding hydrogens is 436 g/mol. The summed E-state index contributed by atoms with van der Waals surface area (Å²) in [5.74, 6) is -0.0142. The fourth-order valence-electron chi connectivity index (χ4n) is 4.05. The molecule has 1 aliphatic heterocycles. The van der Waals surface area contributed by atoms with E-state index in [0.717, 1.165) is 45.2 Å². The smallest absolute Gasteiger partial charge is 0.251 e. The Hall–Kier alpha value is -2.56. The monoisotopic (exact) mass is 462 g/mol. The number of nitrogens with zero attached hydrogens (tertiary/aromatic N) is 1. The Balaban J connectivity index is 0.00000119. The summed E-state index contributed by atoms with van der Waals surface area (Å²) in [4.78, 5) is 20.0. The summed E-state index contributed by atoms with van der Waals surface area (Å²) in [6.45, 7) is 4.00. The molecule has 1 aliphatic carbocycles. The van der Waals surface area contributed by atoms with E-state index in [1.165, 1.54) is 12.8 Å². The summed E-state index contributed by atoms with van der Waals surface area (Å²) in [7, 11) is 0. The summed E-state index contributed by atoms with van der Waals surface area (Å²) in [6, 6.07) is 22.1. The van der Waals surface area contributed by atoms with E-state index in [4.69, 9.17) is 16.6 Å². The Bertz CT molecular complexity index is 1130. The van der Waals surface area contributed by atoms with Crippen molar-refractivity contribution in [2.45, 2.75) is 55.4 Å². The zero-order chi connectivity index (χ0) is 22.5. The van der Waals surface area contributed by atoms with Gasteiger partial charge in [-0.2, -0.15) is 0 Å². The molecule has 5 heteroatoms. The average molecular weight is 463 g/mol. The molecule has 0 spiro atoms. The number of carbonyl (C=O) groups is 1. The molecule has 2 aliphatic rings.